The third-order valence-corrected chi connectivity index (χ3v) is 6.27. The molecule has 8 heteroatoms. The number of hydrogen-bond acceptors (Lipinski definition) is 5. The van der Waals surface area contributed by atoms with Crippen LogP contribution in [0.15, 0.2) is 42.5 Å². The average Bonchev–Trinajstić information content (AvgIpc) is 3.49. The highest BCUT2D eigenvalue weighted by atomic mass is 16.3. The molecule has 2 aromatic carbocycles. The van der Waals surface area contributed by atoms with E-state index in [-0.39, 0.29) is 17.7 Å². The van der Waals surface area contributed by atoms with Crippen molar-refractivity contribution in [3.63, 3.8) is 0 Å². The van der Waals surface area contributed by atoms with Gasteiger partial charge in [-0.25, -0.2) is 0 Å². The van der Waals surface area contributed by atoms with E-state index in [9.17, 15) is 19.8 Å². The van der Waals surface area contributed by atoms with E-state index in [4.69, 9.17) is 0 Å². The summed E-state index contributed by atoms with van der Waals surface area (Å²) in [7, 11) is 1.78. The third kappa shape index (κ3) is 3.42. The maximum Gasteiger partial charge on any atom is 0.254 e. The van der Waals surface area contributed by atoms with Gasteiger partial charge in [0, 0.05) is 38.8 Å². The zero-order valence-corrected chi connectivity index (χ0v) is 17.3. The monoisotopic (exact) mass is 420 g/mol. The van der Waals surface area contributed by atoms with Gasteiger partial charge < -0.3 is 20.0 Å². The number of carbonyl (C=O) groups excluding carboxylic acids is 2. The van der Waals surface area contributed by atoms with Crippen LogP contribution < -0.4 is 0 Å². The number of aliphatic hydroxyl groups is 1. The van der Waals surface area contributed by atoms with Crippen LogP contribution in [0, 0.1) is 0 Å². The number of carbonyl (C=O) groups is 2. The molecule has 1 saturated heterocycles. The molecule has 0 radical (unpaired) electrons. The van der Waals surface area contributed by atoms with E-state index in [0.29, 0.717) is 50.0 Å². The predicted molar refractivity (Wildman–Crippen MR) is 114 cm³/mol. The molecule has 1 aliphatic heterocycles. The second-order valence-corrected chi connectivity index (χ2v) is 8.37. The van der Waals surface area contributed by atoms with E-state index in [0.717, 1.165) is 16.6 Å². The molecule has 2 aliphatic rings. The number of hydrogen-bond donors (Lipinski definition) is 2. The van der Waals surface area contributed by atoms with Gasteiger partial charge in [0.05, 0.1) is 10.9 Å². The standard InChI is InChI=1S/C23H24N4O4/c1-25-19-14-17(6-7-18(19)20(28)24-25)15-2-4-16(5-3-15)21(29)26-10-12-27(13-11-26)22(30)23(31)8-9-23/h2-7,14,31H,8-13H2,1H3,(H,24,28). The number of rotatable bonds is 3. The summed E-state index contributed by atoms with van der Waals surface area (Å²) in [5.74, 6) is -0.253. The molecule has 2 N–H and O–H groups in total. The van der Waals surface area contributed by atoms with E-state index in [2.05, 4.69) is 5.10 Å². The first-order valence-corrected chi connectivity index (χ1v) is 10.4. The molecular weight excluding hydrogens is 396 g/mol. The smallest absolute Gasteiger partial charge is 0.254 e. The second-order valence-electron chi connectivity index (χ2n) is 8.37. The first-order chi connectivity index (χ1) is 14.9. The van der Waals surface area contributed by atoms with Crippen molar-refractivity contribution in [1.29, 1.82) is 0 Å². The Morgan fingerprint density at radius 2 is 1.55 bits per heavy atom. The number of fused-ring (bicyclic) bond motifs is 1. The zero-order valence-electron chi connectivity index (χ0n) is 17.3. The van der Waals surface area contributed by atoms with Gasteiger partial charge in [0.1, 0.15) is 5.60 Å². The molecule has 0 spiro atoms. The fourth-order valence-corrected chi connectivity index (χ4v) is 4.14. The van der Waals surface area contributed by atoms with Crippen molar-refractivity contribution in [2.75, 3.05) is 26.2 Å². The Hall–Kier alpha value is -3.39. The molecule has 0 bridgehead atoms. The summed E-state index contributed by atoms with van der Waals surface area (Å²) in [5.41, 5.74) is 2.22. The molecule has 1 saturated carbocycles. The minimum absolute atomic E-state index is 0.0121. The molecule has 160 valence electrons. The van der Waals surface area contributed by atoms with Gasteiger partial charge >= 0.3 is 0 Å². The summed E-state index contributed by atoms with van der Waals surface area (Å²) in [6.07, 6.45) is 1.07. The lowest BCUT2D eigenvalue weighted by Gasteiger charge is -2.35. The molecule has 31 heavy (non-hydrogen) atoms. The molecule has 1 aliphatic carbocycles. The largest absolute Gasteiger partial charge is 0.492 e. The fraction of sp³-hybridized carbons (Fsp3) is 0.348. The van der Waals surface area contributed by atoms with E-state index >= 15 is 0 Å². The topological polar surface area (TPSA) is 98.9 Å². The molecular formula is C23H24N4O4. The van der Waals surface area contributed by atoms with Crippen LogP contribution in [0.2, 0.25) is 0 Å². The van der Waals surface area contributed by atoms with E-state index in [1.165, 1.54) is 0 Å². The molecule has 0 atom stereocenters. The van der Waals surface area contributed by atoms with Gasteiger partial charge in [0.25, 0.3) is 11.8 Å². The first kappa shape index (κ1) is 19.6. The summed E-state index contributed by atoms with van der Waals surface area (Å²) in [6, 6.07) is 13.2. The van der Waals surface area contributed by atoms with Crippen LogP contribution in [0.25, 0.3) is 22.0 Å². The van der Waals surface area contributed by atoms with Crippen LogP contribution in [-0.2, 0) is 11.8 Å². The number of nitrogens with zero attached hydrogens (tertiary/aromatic N) is 4. The van der Waals surface area contributed by atoms with Crippen molar-refractivity contribution in [2.24, 2.45) is 7.05 Å². The summed E-state index contributed by atoms with van der Waals surface area (Å²) in [5, 5.41) is 24.6. The molecule has 1 aromatic heterocycles. The van der Waals surface area contributed by atoms with Gasteiger partial charge in [0.15, 0.2) is 0 Å². The minimum Gasteiger partial charge on any atom is -0.492 e. The van der Waals surface area contributed by atoms with Crippen LogP contribution in [0.4, 0.5) is 0 Å². The van der Waals surface area contributed by atoms with Crippen molar-refractivity contribution in [3.05, 3.63) is 48.0 Å². The molecule has 2 heterocycles. The number of benzene rings is 2. The van der Waals surface area contributed by atoms with Crippen LogP contribution in [0.3, 0.4) is 0 Å². The van der Waals surface area contributed by atoms with Crippen LogP contribution in [-0.4, -0.2) is 73.4 Å². The average molecular weight is 420 g/mol. The summed E-state index contributed by atoms with van der Waals surface area (Å²) < 4.78 is 1.64. The zero-order chi connectivity index (χ0) is 21.8. The van der Waals surface area contributed by atoms with Gasteiger partial charge in [-0.15, -0.1) is 5.10 Å². The Morgan fingerprint density at radius 1 is 0.935 bits per heavy atom. The minimum atomic E-state index is -1.15. The molecule has 0 unspecified atom stereocenters. The molecule has 5 rings (SSSR count). The quantitative estimate of drug-likeness (QED) is 0.673. The Morgan fingerprint density at radius 3 is 2.19 bits per heavy atom. The van der Waals surface area contributed by atoms with Crippen molar-refractivity contribution >= 4 is 22.7 Å². The van der Waals surface area contributed by atoms with Gasteiger partial charge in [-0.05, 0) is 48.2 Å². The second kappa shape index (κ2) is 7.09. The number of amides is 2. The summed E-state index contributed by atoms with van der Waals surface area (Å²) >= 11 is 0. The lowest BCUT2D eigenvalue weighted by molar-refractivity contribution is -0.143. The Balaban J connectivity index is 1.27. The van der Waals surface area contributed by atoms with Crippen molar-refractivity contribution < 1.29 is 19.8 Å². The summed E-state index contributed by atoms with van der Waals surface area (Å²) in [6.45, 7) is 1.82. The normalized spacial score (nSPS) is 17.7. The van der Waals surface area contributed by atoms with Gasteiger partial charge in [0.2, 0.25) is 5.88 Å². The fourth-order valence-electron chi connectivity index (χ4n) is 4.14. The van der Waals surface area contributed by atoms with Crippen LogP contribution >= 0.6 is 0 Å². The molecule has 2 amide bonds. The lowest BCUT2D eigenvalue weighted by Crippen LogP contribution is -2.53. The Kier molecular flexibility index (Phi) is 4.48. The van der Waals surface area contributed by atoms with Crippen molar-refractivity contribution in [3.8, 4) is 17.0 Å². The Labute approximate surface area is 179 Å². The lowest BCUT2D eigenvalue weighted by atomic mass is 10.0. The van der Waals surface area contributed by atoms with Crippen molar-refractivity contribution in [1.82, 2.24) is 19.6 Å². The predicted octanol–water partition coefficient (Wildman–Crippen LogP) is 1.76. The van der Waals surface area contributed by atoms with Gasteiger partial charge in [-0.2, -0.15) is 0 Å². The SMILES string of the molecule is Cn1nc(O)c2ccc(-c3ccc(C(=O)N4CCN(C(=O)C5(O)CC5)CC4)cc3)cc21. The number of aromatic nitrogens is 2. The highest BCUT2D eigenvalue weighted by Crippen LogP contribution is 2.37. The van der Waals surface area contributed by atoms with Crippen molar-refractivity contribution in [2.45, 2.75) is 18.4 Å². The number of aryl methyl sites for hydroxylation is 1. The third-order valence-electron chi connectivity index (χ3n) is 6.27. The molecule has 8 nitrogen and oxygen atoms in total. The number of aromatic hydroxyl groups is 1. The van der Waals surface area contributed by atoms with E-state index in [1.54, 1.807) is 21.5 Å². The summed E-state index contributed by atoms with van der Waals surface area (Å²) in [4.78, 5) is 28.6. The van der Waals surface area contributed by atoms with Gasteiger partial charge in [-0.1, -0.05) is 18.2 Å². The van der Waals surface area contributed by atoms with Crippen LogP contribution in [0.1, 0.15) is 23.2 Å². The Bertz CT molecular complexity index is 1170. The highest BCUT2D eigenvalue weighted by molar-refractivity contribution is 5.95. The van der Waals surface area contributed by atoms with E-state index in [1.807, 2.05) is 42.5 Å². The van der Waals surface area contributed by atoms with Crippen LogP contribution in [0.5, 0.6) is 5.88 Å². The molecule has 2 fully saturated rings. The first-order valence-electron chi connectivity index (χ1n) is 10.4. The number of piperazine rings is 1. The molecule has 3 aromatic rings. The highest BCUT2D eigenvalue weighted by Gasteiger charge is 2.50. The maximum atomic E-state index is 12.9. The van der Waals surface area contributed by atoms with E-state index < -0.39 is 5.60 Å². The van der Waals surface area contributed by atoms with Gasteiger partial charge in [-0.3, -0.25) is 14.3 Å². The maximum absolute atomic E-state index is 12.9.